The number of aliphatic hydroxyl groups is 1. The quantitative estimate of drug-likeness (QED) is 0.529. The maximum Gasteiger partial charge on any atom is 0.325 e. The number of nitrogens with zero attached hydrogens (tertiary/aromatic N) is 1. The number of nitrogens with one attached hydrogen (secondary N) is 1. The van der Waals surface area contributed by atoms with Crippen LogP contribution in [0.25, 0.3) is 0 Å². The number of aliphatic hydroxyl groups excluding tert-OH is 1. The van der Waals surface area contributed by atoms with Gasteiger partial charge < -0.3 is 20.4 Å². The number of urea groups is 1. The molecule has 0 aliphatic carbocycles. The summed E-state index contributed by atoms with van der Waals surface area (Å²) in [7, 11) is 0. The fourth-order valence-electron chi connectivity index (χ4n) is 0.891. The predicted octanol–water partition coefficient (Wildman–Crippen LogP) is -0.351. The molecular weight excluding hydrogens is 200 g/mol. The van der Waals surface area contributed by atoms with E-state index in [1.54, 1.807) is 0 Å². The molecule has 2 amide bonds. The summed E-state index contributed by atoms with van der Waals surface area (Å²) < 4.78 is 0. The Labute approximate surface area is 88.2 Å². The van der Waals surface area contributed by atoms with E-state index >= 15 is 0 Å². The van der Waals surface area contributed by atoms with Gasteiger partial charge in [0, 0.05) is 13.1 Å². The second kappa shape index (κ2) is 6.83. The van der Waals surface area contributed by atoms with Crippen LogP contribution in [0.4, 0.5) is 4.79 Å². The van der Waals surface area contributed by atoms with E-state index in [-0.39, 0.29) is 19.7 Å². The number of carbonyl (C=O) groups is 2. The molecule has 6 nitrogen and oxygen atoms in total. The molecule has 0 aromatic carbocycles. The number of carboxylic acids is 1. The Hall–Kier alpha value is -1.56. The first-order chi connectivity index (χ1) is 7.02. The van der Waals surface area contributed by atoms with Crippen LogP contribution >= 0.6 is 0 Å². The van der Waals surface area contributed by atoms with E-state index in [9.17, 15) is 9.59 Å². The van der Waals surface area contributed by atoms with Crippen molar-refractivity contribution in [2.75, 3.05) is 19.7 Å². The first kappa shape index (κ1) is 13.4. The van der Waals surface area contributed by atoms with Crippen molar-refractivity contribution in [2.24, 2.45) is 0 Å². The average Bonchev–Trinajstić information content (AvgIpc) is 2.17. The topological polar surface area (TPSA) is 89.9 Å². The minimum atomic E-state index is -1.11. The third-order valence-electron chi connectivity index (χ3n) is 1.72. The highest BCUT2D eigenvalue weighted by Gasteiger charge is 2.17. The van der Waals surface area contributed by atoms with Crippen LogP contribution in [-0.4, -0.2) is 52.9 Å². The molecule has 0 heterocycles. The molecule has 0 fully saturated rings. The number of rotatable bonds is 6. The van der Waals surface area contributed by atoms with Crippen LogP contribution in [0.5, 0.6) is 0 Å². The molecule has 0 aromatic heterocycles. The van der Waals surface area contributed by atoms with Crippen LogP contribution in [0, 0.1) is 0 Å². The van der Waals surface area contributed by atoms with Crippen LogP contribution in [0.1, 0.15) is 6.92 Å². The lowest BCUT2D eigenvalue weighted by Crippen LogP contribution is -2.47. The molecule has 0 aliphatic rings. The molecule has 86 valence electrons. The molecule has 0 rings (SSSR count). The number of amides is 2. The molecule has 1 atom stereocenters. The number of carbonyl (C=O) groups excluding carboxylic acids is 1. The van der Waals surface area contributed by atoms with Crippen molar-refractivity contribution in [3.63, 3.8) is 0 Å². The number of aliphatic carboxylic acids is 1. The van der Waals surface area contributed by atoms with Crippen LogP contribution < -0.4 is 5.32 Å². The Balaban J connectivity index is 4.24. The van der Waals surface area contributed by atoms with Crippen molar-refractivity contribution in [3.05, 3.63) is 12.7 Å². The van der Waals surface area contributed by atoms with Crippen LogP contribution in [-0.2, 0) is 4.79 Å². The van der Waals surface area contributed by atoms with Gasteiger partial charge in [-0.25, -0.2) is 4.79 Å². The lowest BCUT2D eigenvalue weighted by atomic mass is 10.3. The minimum Gasteiger partial charge on any atom is -0.480 e. The average molecular weight is 216 g/mol. The van der Waals surface area contributed by atoms with Gasteiger partial charge in [-0.1, -0.05) is 6.08 Å². The molecule has 1 unspecified atom stereocenters. The van der Waals surface area contributed by atoms with Gasteiger partial charge in [0.25, 0.3) is 0 Å². The van der Waals surface area contributed by atoms with Crippen LogP contribution in [0.2, 0.25) is 0 Å². The van der Waals surface area contributed by atoms with Gasteiger partial charge in [-0.3, -0.25) is 4.79 Å². The van der Waals surface area contributed by atoms with Gasteiger partial charge in [0.15, 0.2) is 0 Å². The van der Waals surface area contributed by atoms with Gasteiger partial charge in [0.2, 0.25) is 0 Å². The monoisotopic (exact) mass is 216 g/mol. The lowest BCUT2D eigenvalue weighted by Gasteiger charge is -2.21. The zero-order chi connectivity index (χ0) is 11.8. The number of carboxylic acid groups (broad SMARTS) is 1. The molecule has 0 radical (unpaired) electrons. The summed E-state index contributed by atoms with van der Waals surface area (Å²) in [5.74, 6) is -1.11. The van der Waals surface area contributed by atoms with E-state index < -0.39 is 18.0 Å². The van der Waals surface area contributed by atoms with Crippen molar-refractivity contribution in [1.82, 2.24) is 10.2 Å². The normalized spacial score (nSPS) is 11.6. The van der Waals surface area contributed by atoms with Gasteiger partial charge in [0.1, 0.15) is 6.04 Å². The first-order valence-electron chi connectivity index (χ1n) is 4.53. The van der Waals surface area contributed by atoms with Crippen molar-refractivity contribution in [1.29, 1.82) is 0 Å². The highest BCUT2D eigenvalue weighted by atomic mass is 16.4. The summed E-state index contributed by atoms with van der Waals surface area (Å²) in [5, 5.41) is 19.5. The second-order valence-corrected chi connectivity index (χ2v) is 2.97. The molecule has 0 aliphatic heterocycles. The van der Waals surface area contributed by atoms with Crippen LogP contribution in [0.3, 0.4) is 0 Å². The fraction of sp³-hybridized carbons (Fsp3) is 0.556. The number of hydrogen-bond donors (Lipinski definition) is 3. The third-order valence-corrected chi connectivity index (χ3v) is 1.72. The Bertz CT molecular complexity index is 242. The molecule has 0 spiro atoms. The molecule has 0 saturated carbocycles. The second-order valence-electron chi connectivity index (χ2n) is 2.97. The molecule has 0 saturated heterocycles. The van der Waals surface area contributed by atoms with Crippen molar-refractivity contribution >= 4 is 12.0 Å². The van der Waals surface area contributed by atoms with E-state index in [1.807, 2.05) is 0 Å². The van der Waals surface area contributed by atoms with Gasteiger partial charge >= 0.3 is 12.0 Å². The summed E-state index contributed by atoms with van der Waals surface area (Å²) in [6.45, 7) is 5.05. The predicted molar refractivity (Wildman–Crippen MR) is 54.5 cm³/mol. The van der Waals surface area contributed by atoms with Crippen molar-refractivity contribution < 1.29 is 19.8 Å². The lowest BCUT2D eigenvalue weighted by molar-refractivity contribution is -0.138. The van der Waals surface area contributed by atoms with Gasteiger partial charge in [0.05, 0.1) is 6.61 Å². The van der Waals surface area contributed by atoms with E-state index in [2.05, 4.69) is 11.9 Å². The van der Waals surface area contributed by atoms with Crippen molar-refractivity contribution in [3.8, 4) is 0 Å². The fourth-order valence-corrected chi connectivity index (χ4v) is 0.891. The van der Waals surface area contributed by atoms with E-state index in [0.717, 1.165) is 0 Å². The Morgan fingerprint density at radius 3 is 2.60 bits per heavy atom. The highest BCUT2D eigenvalue weighted by molar-refractivity contribution is 5.82. The summed E-state index contributed by atoms with van der Waals surface area (Å²) in [5.41, 5.74) is 0. The summed E-state index contributed by atoms with van der Waals surface area (Å²) >= 11 is 0. The standard InChI is InChI=1S/C9H16N2O4/c1-3-4-11(5-6-12)9(15)10-7(2)8(13)14/h3,7,12H,1,4-6H2,2H3,(H,10,15)(H,13,14). The Kier molecular flexibility index (Phi) is 6.12. The maximum atomic E-state index is 11.4. The zero-order valence-corrected chi connectivity index (χ0v) is 8.64. The molecule has 3 N–H and O–H groups in total. The Morgan fingerprint density at radius 2 is 2.20 bits per heavy atom. The highest BCUT2D eigenvalue weighted by Crippen LogP contribution is 1.92. The van der Waals surface area contributed by atoms with E-state index in [1.165, 1.54) is 17.9 Å². The first-order valence-corrected chi connectivity index (χ1v) is 4.53. The molecular formula is C9H16N2O4. The number of hydrogen-bond acceptors (Lipinski definition) is 3. The summed E-state index contributed by atoms with van der Waals surface area (Å²) in [6, 6.07) is -1.48. The summed E-state index contributed by atoms with van der Waals surface area (Å²) in [4.78, 5) is 23.2. The smallest absolute Gasteiger partial charge is 0.325 e. The molecule has 15 heavy (non-hydrogen) atoms. The summed E-state index contributed by atoms with van der Waals surface area (Å²) in [6.07, 6.45) is 1.50. The molecule has 0 aromatic rings. The third kappa shape index (κ3) is 5.02. The molecule has 6 heteroatoms. The largest absolute Gasteiger partial charge is 0.480 e. The van der Waals surface area contributed by atoms with Gasteiger partial charge in [-0.2, -0.15) is 0 Å². The van der Waals surface area contributed by atoms with Gasteiger partial charge in [-0.15, -0.1) is 6.58 Å². The SMILES string of the molecule is C=CCN(CCO)C(=O)NC(C)C(=O)O. The van der Waals surface area contributed by atoms with Crippen molar-refractivity contribution in [2.45, 2.75) is 13.0 Å². The molecule has 0 bridgehead atoms. The minimum absolute atomic E-state index is 0.143. The maximum absolute atomic E-state index is 11.4. The van der Waals surface area contributed by atoms with E-state index in [0.29, 0.717) is 0 Å². The van der Waals surface area contributed by atoms with Gasteiger partial charge in [-0.05, 0) is 6.92 Å². The zero-order valence-electron chi connectivity index (χ0n) is 8.64. The van der Waals surface area contributed by atoms with E-state index in [4.69, 9.17) is 10.2 Å². The van der Waals surface area contributed by atoms with Crippen LogP contribution in [0.15, 0.2) is 12.7 Å². The Morgan fingerprint density at radius 1 is 1.60 bits per heavy atom.